The number of nitrogens with one attached hydrogen (secondary N) is 3. The van der Waals surface area contributed by atoms with Crippen molar-refractivity contribution < 1.29 is 0 Å². The van der Waals surface area contributed by atoms with Crippen LogP contribution in [0.2, 0.25) is 0 Å². The highest BCUT2D eigenvalue weighted by atomic mass is 15.3. The maximum Gasteiger partial charge on any atom is 0.233 e. The molecule has 0 unspecified atom stereocenters. The van der Waals surface area contributed by atoms with Crippen LogP contribution < -0.4 is 10.6 Å². The van der Waals surface area contributed by atoms with E-state index in [9.17, 15) is 0 Å². The molecule has 0 aliphatic heterocycles. The van der Waals surface area contributed by atoms with Gasteiger partial charge in [0.1, 0.15) is 6.33 Å². The zero-order chi connectivity index (χ0) is 18.5. The smallest absolute Gasteiger partial charge is 0.233 e. The van der Waals surface area contributed by atoms with Gasteiger partial charge in [0.05, 0.1) is 5.69 Å². The van der Waals surface area contributed by atoms with Crippen LogP contribution in [0.3, 0.4) is 0 Å². The molecule has 130 valence electrons. The number of aromatic amines is 1. The maximum atomic E-state index is 5.43. The molecule has 7 nitrogen and oxygen atoms in total. The molecule has 4 rings (SSSR count). The van der Waals surface area contributed by atoms with Crippen molar-refractivity contribution in [2.24, 2.45) is 0 Å². The van der Waals surface area contributed by atoms with Gasteiger partial charge in [0, 0.05) is 17.3 Å². The average Bonchev–Trinajstić information content (AvgIpc) is 3.17. The third-order valence-electron chi connectivity index (χ3n) is 3.76. The summed E-state index contributed by atoms with van der Waals surface area (Å²) in [4.78, 5) is 12.6. The molecule has 3 N–H and O–H groups in total. The second-order valence-electron chi connectivity index (χ2n) is 5.64. The number of terminal acetylenes is 1. The standard InChI is InChI=1S/C20H15N7/c1-2-14-7-6-10-16(11-14)23-19-21-13-22-20(25-19)24-18-12-17(26-27-18)15-8-4-3-5-9-15/h1,3-13H,(H3,21,22,23,24,25,26,27). The van der Waals surface area contributed by atoms with E-state index in [1.165, 1.54) is 6.33 Å². The summed E-state index contributed by atoms with van der Waals surface area (Å²) in [5.41, 5.74) is 3.52. The van der Waals surface area contributed by atoms with E-state index in [2.05, 4.69) is 41.7 Å². The number of anilines is 4. The lowest BCUT2D eigenvalue weighted by Gasteiger charge is -2.06. The number of nitrogens with zero attached hydrogens (tertiary/aromatic N) is 4. The molecule has 2 aromatic heterocycles. The van der Waals surface area contributed by atoms with Crippen molar-refractivity contribution in [3.63, 3.8) is 0 Å². The van der Waals surface area contributed by atoms with Gasteiger partial charge >= 0.3 is 0 Å². The summed E-state index contributed by atoms with van der Waals surface area (Å²) < 4.78 is 0. The Labute approximate surface area is 155 Å². The first kappa shape index (κ1) is 16.3. The largest absolute Gasteiger partial charge is 0.324 e. The topological polar surface area (TPSA) is 91.4 Å². The van der Waals surface area contributed by atoms with Crippen LogP contribution in [-0.4, -0.2) is 25.1 Å². The first-order chi connectivity index (χ1) is 13.3. The molecule has 2 heterocycles. The van der Waals surface area contributed by atoms with Crippen molar-refractivity contribution in [1.82, 2.24) is 25.1 Å². The van der Waals surface area contributed by atoms with Crippen LogP contribution in [0.15, 0.2) is 67.0 Å². The molecule has 0 fully saturated rings. The minimum atomic E-state index is 0.381. The molecular weight excluding hydrogens is 338 g/mol. The van der Waals surface area contributed by atoms with Gasteiger partial charge in [-0.2, -0.15) is 10.1 Å². The molecule has 4 aromatic rings. The number of rotatable bonds is 5. The lowest BCUT2D eigenvalue weighted by atomic mass is 10.2. The predicted octanol–water partition coefficient (Wildman–Crippen LogP) is 3.73. The van der Waals surface area contributed by atoms with Crippen LogP contribution in [0, 0.1) is 12.3 Å². The number of aromatic nitrogens is 5. The third-order valence-corrected chi connectivity index (χ3v) is 3.76. The normalized spacial score (nSPS) is 10.2. The quantitative estimate of drug-likeness (QED) is 0.474. The first-order valence-electron chi connectivity index (χ1n) is 8.21. The van der Waals surface area contributed by atoms with Crippen LogP contribution in [0.5, 0.6) is 0 Å². The summed E-state index contributed by atoms with van der Waals surface area (Å²) >= 11 is 0. The zero-order valence-corrected chi connectivity index (χ0v) is 14.2. The van der Waals surface area contributed by atoms with Gasteiger partial charge in [-0.15, -0.1) is 6.42 Å². The SMILES string of the molecule is C#Cc1cccc(Nc2ncnc(Nc3cc(-c4ccccc4)[nH]n3)n2)c1. The molecule has 0 saturated heterocycles. The predicted molar refractivity (Wildman–Crippen MR) is 105 cm³/mol. The Morgan fingerprint density at radius 2 is 1.70 bits per heavy atom. The Bertz CT molecular complexity index is 1100. The van der Waals surface area contributed by atoms with Crippen molar-refractivity contribution >= 4 is 23.4 Å². The number of hydrogen-bond donors (Lipinski definition) is 3. The molecule has 0 amide bonds. The molecule has 0 aliphatic rings. The summed E-state index contributed by atoms with van der Waals surface area (Å²) in [6.45, 7) is 0. The van der Waals surface area contributed by atoms with Crippen LogP contribution in [0.25, 0.3) is 11.3 Å². The van der Waals surface area contributed by atoms with Crippen molar-refractivity contribution in [3.8, 4) is 23.6 Å². The van der Waals surface area contributed by atoms with Gasteiger partial charge in [-0.25, -0.2) is 9.97 Å². The van der Waals surface area contributed by atoms with Crippen LogP contribution in [-0.2, 0) is 0 Å². The number of hydrogen-bond acceptors (Lipinski definition) is 6. The van der Waals surface area contributed by atoms with Crippen molar-refractivity contribution in [2.75, 3.05) is 10.6 Å². The molecule has 0 saturated carbocycles. The Morgan fingerprint density at radius 3 is 2.52 bits per heavy atom. The van der Waals surface area contributed by atoms with E-state index in [0.29, 0.717) is 17.7 Å². The van der Waals surface area contributed by atoms with Gasteiger partial charge in [0.2, 0.25) is 11.9 Å². The Hall–Kier alpha value is -4.18. The van der Waals surface area contributed by atoms with Gasteiger partial charge in [-0.1, -0.05) is 42.3 Å². The number of benzene rings is 2. The maximum absolute atomic E-state index is 5.43. The monoisotopic (exact) mass is 353 g/mol. The van der Waals surface area contributed by atoms with Crippen LogP contribution in [0.4, 0.5) is 23.4 Å². The van der Waals surface area contributed by atoms with E-state index in [1.54, 1.807) is 0 Å². The van der Waals surface area contributed by atoms with Gasteiger partial charge in [0.25, 0.3) is 0 Å². The summed E-state index contributed by atoms with van der Waals surface area (Å²) in [7, 11) is 0. The third kappa shape index (κ3) is 3.91. The summed E-state index contributed by atoms with van der Waals surface area (Å²) in [6, 6.07) is 19.3. The van der Waals surface area contributed by atoms with Crippen LogP contribution >= 0.6 is 0 Å². The van der Waals surface area contributed by atoms with Gasteiger partial charge in [-0.05, 0) is 23.8 Å². The Kier molecular flexibility index (Phi) is 4.45. The molecule has 0 aliphatic carbocycles. The summed E-state index contributed by atoms with van der Waals surface area (Å²) in [6.07, 6.45) is 6.85. The molecular formula is C20H15N7. The van der Waals surface area contributed by atoms with E-state index in [0.717, 1.165) is 22.5 Å². The fourth-order valence-electron chi connectivity index (χ4n) is 2.50. The van der Waals surface area contributed by atoms with Gasteiger partial charge < -0.3 is 10.6 Å². The van der Waals surface area contributed by atoms with E-state index < -0.39 is 0 Å². The highest BCUT2D eigenvalue weighted by Crippen LogP contribution is 2.21. The molecule has 0 radical (unpaired) electrons. The van der Waals surface area contributed by atoms with E-state index in [1.807, 2.05) is 60.7 Å². The molecule has 0 spiro atoms. The summed E-state index contributed by atoms with van der Waals surface area (Å²) in [5.74, 6) is 3.99. The number of H-pyrrole nitrogens is 1. The van der Waals surface area contributed by atoms with E-state index in [4.69, 9.17) is 6.42 Å². The average molecular weight is 353 g/mol. The van der Waals surface area contributed by atoms with Crippen molar-refractivity contribution in [1.29, 1.82) is 0 Å². The van der Waals surface area contributed by atoms with Gasteiger partial charge in [-0.3, -0.25) is 5.10 Å². The second-order valence-corrected chi connectivity index (χ2v) is 5.64. The molecule has 27 heavy (non-hydrogen) atoms. The molecule has 0 atom stereocenters. The van der Waals surface area contributed by atoms with E-state index >= 15 is 0 Å². The Balaban J connectivity index is 1.50. The minimum Gasteiger partial charge on any atom is -0.324 e. The lowest BCUT2D eigenvalue weighted by Crippen LogP contribution is -2.03. The fourth-order valence-corrected chi connectivity index (χ4v) is 2.50. The van der Waals surface area contributed by atoms with Crippen molar-refractivity contribution in [3.05, 3.63) is 72.6 Å². The fraction of sp³-hybridized carbons (Fsp3) is 0. The highest BCUT2D eigenvalue weighted by molar-refractivity contribution is 5.64. The van der Waals surface area contributed by atoms with Gasteiger partial charge in [0.15, 0.2) is 5.82 Å². The highest BCUT2D eigenvalue weighted by Gasteiger charge is 2.06. The van der Waals surface area contributed by atoms with Crippen molar-refractivity contribution in [2.45, 2.75) is 0 Å². The zero-order valence-electron chi connectivity index (χ0n) is 14.2. The summed E-state index contributed by atoms with van der Waals surface area (Å²) in [5, 5.41) is 13.4. The van der Waals surface area contributed by atoms with E-state index in [-0.39, 0.29) is 0 Å². The lowest BCUT2D eigenvalue weighted by molar-refractivity contribution is 1.04. The molecule has 0 bridgehead atoms. The van der Waals surface area contributed by atoms with Crippen LogP contribution in [0.1, 0.15) is 5.56 Å². The minimum absolute atomic E-state index is 0.381. The first-order valence-corrected chi connectivity index (χ1v) is 8.21. The molecule has 2 aromatic carbocycles. The second kappa shape index (κ2) is 7.37. The Morgan fingerprint density at radius 1 is 0.889 bits per heavy atom. The molecule has 7 heteroatoms.